The van der Waals surface area contributed by atoms with E-state index in [0.29, 0.717) is 17.5 Å². The van der Waals surface area contributed by atoms with E-state index in [0.717, 1.165) is 17.7 Å². The second-order valence-corrected chi connectivity index (χ2v) is 6.57. The molecule has 2 aromatic rings. The van der Waals surface area contributed by atoms with E-state index in [9.17, 15) is 22.8 Å². The summed E-state index contributed by atoms with van der Waals surface area (Å²) in [5.74, 6) is -1.92. The van der Waals surface area contributed by atoms with Gasteiger partial charge in [0.15, 0.2) is 0 Å². The van der Waals surface area contributed by atoms with Crippen molar-refractivity contribution in [3.63, 3.8) is 0 Å². The van der Waals surface area contributed by atoms with E-state index in [4.69, 9.17) is 11.6 Å². The fourth-order valence-corrected chi connectivity index (χ4v) is 2.42. The van der Waals surface area contributed by atoms with Crippen LogP contribution in [0.2, 0.25) is 5.02 Å². The molecule has 0 spiro atoms. The van der Waals surface area contributed by atoms with Gasteiger partial charge >= 0.3 is 18.0 Å². The fraction of sp³-hybridized carbons (Fsp3) is 0.211. The minimum Gasteiger partial charge on any atom is -0.318 e. The second kappa shape index (κ2) is 8.88. The van der Waals surface area contributed by atoms with Crippen molar-refractivity contribution in [2.75, 3.05) is 5.32 Å². The van der Waals surface area contributed by atoms with Crippen LogP contribution in [-0.2, 0) is 15.8 Å². The van der Waals surface area contributed by atoms with Crippen molar-refractivity contribution in [2.45, 2.75) is 25.9 Å². The zero-order valence-corrected chi connectivity index (χ0v) is 15.7. The van der Waals surface area contributed by atoms with Gasteiger partial charge in [-0.3, -0.25) is 9.59 Å². The monoisotopic (exact) mass is 411 g/mol. The average Bonchev–Trinajstić information content (AvgIpc) is 2.62. The smallest absolute Gasteiger partial charge is 0.318 e. The average molecular weight is 412 g/mol. The van der Waals surface area contributed by atoms with Gasteiger partial charge in [0.25, 0.3) is 0 Å². The molecule has 28 heavy (non-hydrogen) atoms. The Hall–Kier alpha value is -2.87. The predicted molar refractivity (Wildman–Crippen MR) is 101 cm³/mol. The van der Waals surface area contributed by atoms with Gasteiger partial charge in [-0.1, -0.05) is 49.7 Å². The maximum Gasteiger partial charge on any atom is 0.417 e. The highest BCUT2D eigenvalue weighted by atomic mass is 35.5. The van der Waals surface area contributed by atoms with Crippen LogP contribution in [0.3, 0.4) is 0 Å². The van der Waals surface area contributed by atoms with E-state index in [-0.39, 0.29) is 5.69 Å². The number of amides is 2. The third-order valence-electron chi connectivity index (χ3n) is 3.72. The molecular weight excluding hydrogens is 395 g/mol. The summed E-state index contributed by atoms with van der Waals surface area (Å²) in [7, 11) is 0. The Morgan fingerprint density at radius 2 is 1.71 bits per heavy atom. The maximum absolute atomic E-state index is 12.8. The molecule has 0 atom stereocenters. The van der Waals surface area contributed by atoms with E-state index in [2.05, 4.69) is 24.3 Å². The molecule has 9 heteroatoms. The van der Waals surface area contributed by atoms with Crippen molar-refractivity contribution in [1.82, 2.24) is 5.43 Å². The highest BCUT2D eigenvalue weighted by Crippen LogP contribution is 2.36. The Bertz CT molecular complexity index is 894. The number of carbonyl (C=O) groups excluding carboxylic acids is 2. The van der Waals surface area contributed by atoms with E-state index < -0.39 is 28.6 Å². The number of hydrogen-bond acceptors (Lipinski definition) is 3. The normalized spacial score (nSPS) is 11.7. The molecule has 0 saturated heterocycles. The van der Waals surface area contributed by atoms with Gasteiger partial charge in [0, 0.05) is 5.69 Å². The molecule has 0 heterocycles. The number of anilines is 1. The molecule has 2 rings (SSSR count). The van der Waals surface area contributed by atoms with Crippen LogP contribution < -0.4 is 10.7 Å². The number of nitrogens with one attached hydrogen (secondary N) is 2. The lowest BCUT2D eigenvalue weighted by molar-refractivity contribution is -0.137. The number of benzene rings is 2. The van der Waals surface area contributed by atoms with Crippen LogP contribution >= 0.6 is 11.6 Å². The molecule has 0 aliphatic heterocycles. The van der Waals surface area contributed by atoms with Crippen molar-refractivity contribution in [3.05, 3.63) is 64.2 Å². The molecule has 0 saturated carbocycles. The second-order valence-electron chi connectivity index (χ2n) is 6.17. The van der Waals surface area contributed by atoms with Crippen LogP contribution in [0.25, 0.3) is 0 Å². The van der Waals surface area contributed by atoms with E-state index in [1.807, 2.05) is 17.6 Å². The summed E-state index contributed by atoms with van der Waals surface area (Å²) in [6.45, 7) is 4.11. The van der Waals surface area contributed by atoms with Gasteiger partial charge in [0.1, 0.15) is 0 Å². The topological polar surface area (TPSA) is 70.6 Å². The molecule has 5 nitrogen and oxygen atoms in total. The van der Waals surface area contributed by atoms with Gasteiger partial charge in [0.05, 0.1) is 16.8 Å². The SMILES string of the molecule is CC(C)c1ccc(/C=N\NC(=O)C(=O)Nc2ccc(Cl)c(C(F)(F)F)c2)cc1. The summed E-state index contributed by atoms with van der Waals surface area (Å²) >= 11 is 5.50. The van der Waals surface area contributed by atoms with Gasteiger partial charge < -0.3 is 5.32 Å². The molecule has 148 valence electrons. The van der Waals surface area contributed by atoms with E-state index in [1.54, 1.807) is 12.1 Å². The molecule has 0 aliphatic rings. The van der Waals surface area contributed by atoms with Crippen molar-refractivity contribution >= 4 is 35.3 Å². The lowest BCUT2D eigenvalue weighted by Crippen LogP contribution is -2.32. The van der Waals surface area contributed by atoms with Crippen LogP contribution in [0.4, 0.5) is 18.9 Å². The van der Waals surface area contributed by atoms with Gasteiger partial charge in [-0.2, -0.15) is 18.3 Å². The number of alkyl halides is 3. The molecule has 0 bridgehead atoms. The molecule has 2 aromatic carbocycles. The zero-order chi connectivity index (χ0) is 20.9. The Kier molecular flexibility index (Phi) is 6.80. The first-order chi connectivity index (χ1) is 13.1. The summed E-state index contributed by atoms with van der Waals surface area (Å²) in [6, 6.07) is 10.2. The number of hydrazone groups is 1. The summed E-state index contributed by atoms with van der Waals surface area (Å²) in [5, 5.41) is 5.22. The van der Waals surface area contributed by atoms with Crippen LogP contribution in [0.5, 0.6) is 0 Å². The zero-order valence-electron chi connectivity index (χ0n) is 15.0. The van der Waals surface area contributed by atoms with Crippen molar-refractivity contribution in [3.8, 4) is 0 Å². The highest BCUT2D eigenvalue weighted by molar-refractivity contribution is 6.39. The number of hydrogen-bond donors (Lipinski definition) is 2. The van der Waals surface area contributed by atoms with Crippen LogP contribution in [-0.4, -0.2) is 18.0 Å². The molecule has 0 aromatic heterocycles. The molecule has 0 fully saturated rings. The van der Waals surface area contributed by atoms with E-state index in [1.165, 1.54) is 6.21 Å². The van der Waals surface area contributed by atoms with Gasteiger partial charge in [-0.05, 0) is 35.2 Å². The number of carbonyl (C=O) groups is 2. The molecular formula is C19H17ClF3N3O2. The van der Waals surface area contributed by atoms with Crippen molar-refractivity contribution in [1.29, 1.82) is 0 Å². The molecule has 0 unspecified atom stereocenters. The van der Waals surface area contributed by atoms with Crippen molar-refractivity contribution in [2.24, 2.45) is 5.10 Å². The van der Waals surface area contributed by atoms with Crippen LogP contribution in [0.15, 0.2) is 47.6 Å². The summed E-state index contributed by atoms with van der Waals surface area (Å²) in [6.07, 6.45) is -3.34. The third kappa shape index (κ3) is 5.82. The lowest BCUT2D eigenvalue weighted by atomic mass is 10.0. The lowest BCUT2D eigenvalue weighted by Gasteiger charge is -2.11. The van der Waals surface area contributed by atoms with E-state index >= 15 is 0 Å². The Balaban J connectivity index is 1.97. The summed E-state index contributed by atoms with van der Waals surface area (Å²) < 4.78 is 38.5. The predicted octanol–water partition coefficient (Wildman–Crippen LogP) is 4.57. The maximum atomic E-state index is 12.8. The molecule has 0 radical (unpaired) electrons. The standard InChI is InChI=1S/C19H17ClF3N3O2/c1-11(2)13-5-3-12(4-6-13)10-24-26-18(28)17(27)25-14-7-8-16(20)15(9-14)19(21,22)23/h3-11H,1-2H3,(H,25,27)(H,26,28)/b24-10-. The minimum atomic E-state index is -4.69. The summed E-state index contributed by atoms with van der Waals surface area (Å²) in [5.41, 5.74) is 2.53. The van der Waals surface area contributed by atoms with Gasteiger partial charge in [0.2, 0.25) is 0 Å². The Labute approximate surface area is 164 Å². The number of halogens is 4. The largest absolute Gasteiger partial charge is 0.417 e. The van der Waals surface area contributed by atoms with Gasteiger partial charge in [-0.15, -0.1) is 0 Å². The quantitative estimate of drug-likeness (QED) is 0.439. The third-order valence-corrected chi connectivity index (χ3v) is 4.05. The first kappa shape index (κ1) is 21.4. The Morgan fingerprint density at radius 3 is 2.29 bits per heavy atom. The summed E-state index contributed by atoms with van der Waals surface area (Å²) in [4.78, 5) is 23.6. The highest BCUT2D eigenvalue weighted by Gasteiger charge is 2.33. The van der Waals surface area contributed by atoms with Gasteiger partial charge in [-0.25, -0.2) is 5.43 Å². The fourth-order valence-electron chi connectivity index (χ4n) is 2.19. The molecule has 0 aliphatic carbocycles. The van der Waals surface area contributed by atoms with Crippen LogP contribution in [0.1, 0.15) is 36.5 Å². The Morgan fingerprint density at radius 1 is 1.07 bits per heavy atom. The number of rotatable bonds is 4. The molecule has 2 N–H and O–H groups in total. The first-order valence-corrected chi connectivity index (χ1v) is 8.57. The first-order valence-electron chi connectivity index (χ1n) is 8.19. The molecule has 2 amide bonds. The minimum absolute atomic E-state index is 0.217. The number of nitrogens with zero attached hydrogens (tertiary/aromatic N) is 1. The van der Waals surface area contributed by atoms with Crippen LogP contribution in [0, 0.1) is 0 Å². The van der Waals surface area contributed by atoms with Crippen molar-refractivity contribution < 1.29 is 22.8 Å².